The van der Waals surface area contributed by atoms with Crippen molar-refractivity contribution in [2.45, 2.75) is 0 Å². The first-order valence-electron chi connectivity index (χ1n) is 6.59. The van der Waals surface area contributed by atoms with Gasteiger partial charge in [-0.25, -0.2) is 0 Å². The zero-order valence-corrected chi connectivity index (χ0v) is 11.8. The minimum absolute atomic E-state index is 0.0840. The fourth-order valence-electron chi connectivity index (χ4n) is 2.44. The topological polar surface area (TPSA) is 79.7 Å². The molecule has 1 heterocycles. The van der Waals surface area contributed by atoms with Crippen LogP contribution in [0.3, 0.4) is 0 Å². The van der Waals surface area contributed by atoms with Crippen LogP contribution in [-0.2, 0) is 0 Å². The van der Waals surface area contributed by atoms with Gasteiger partial charge < -0.3 is 14.9 Å². The predicted molar refractivity (Wildman–Crippen MR) is 82.4 cm³/mol. The molecule has 0 radical (unpaired) electrons. The number of methoxy groups -OCH3 is 1. The highest BCUT2D eigenvalue weighted by molar-refractivity contribution is 5.99. The number of nitrogens with zero attached hydrogens (tertiary/aromatic N) is 1. The summed E-state index contributed by atoms with van der Waals surface area (Å²) in [6.07, 6.45) is 2.17. The fourth-order valence-corrected chi connectivity index (χ4v) is 2.44. The quantitative estimate of drug-likeness (QED) is 0.726. The molecule has 0 saturated carbocycles. The highest BCUT2D eigenvalue weighted by Crippen LogP contribution is 2.38. The van der Waals surface area contributed by atoms with Crippen LogP contribution in [0.4, 0.5) is 0 Å². The second-order valence-corrected chi connectivity index (χ2v) is 4.77. The Labute approximate surface area is 126 Å². The van der Waals surface area contributed by atoms with E-state index in [9.17, 15) is 15.0 Å². The minimum Gasteiger partial charge on any atom is -0.506 e. The number of pyridine rings is 1. The third kappa shape index (κ3) is 2.13. The fraction of sp³-hybridized carbons (Fsp3) is 0.0588. The molecule has 3 rings (SSSR count). The first kappa shape index (κ1) is 13.9. The third-order valence-corrected chi connectivity index (χ3v) is 3.51. The molecule has 3 aromatic rings. The van der Waals surface area contributed by atoms with Crippen molar-refractivity contribution in [2.75, 3.05) is 7.11 Å². The number of phenols is 2. The zero-order valence-electron chi connectivity index (χ0n) is 11.8. The maximum absolute atomic E-state index is 11.1. The molecule has 2 N–H and O–H groups in total. The van der Waals surface area contributed by atoms with Gasteiger partial charge in [-0.1, -0.05) is 6.07 Å². The second kappa shape index (κ2) is 5.37. The van der Waals surface area contributed by atoms with Crippen LogP contribution < -0.4 is 4.74 Å². The highest BCUT2D eigenvalue weighted by atomic mass is 16.5. The van der Waals surface area contributed by atoms with Crippen LogP contribution in [0.2, 0.25) is 0 Å². The number of fused-ring (bicyclic) bond motifs is 1. The number of carbonyl (C=O) groups is 1. The van der Waals surface area contributed by atoms with Crippen LogP contribution in [0.5, 0.6) is 17.2 Å². The summed E-state index contributed by atoms with van der Waals surface area (Å²) in [6, 6.07) is 10.1. The number of benzene rings is 2. The van der Waals surface area contributed by atoms with Crippen molar-refractivity contribution in [2.24, 2.45) is 0 Å². The number of ether oxygens (including phenoxy) is 1. The summed E-state index contributed by atoms with van der Waals surface area (Å²) >= 11 is 0. The summed E-state index contributed by atoms with van der Waals surface area (Å²) in [4.78, 5) is 15.3. The van der Waals surface area contributed by atoms with Crippen molar-refractivity contribution >= 4 is 17.2 Å². The summed E-state index contributed by atoms with van der Waals surface area (Å²) in [7, 11) is 1.42. The number of carbonyl (C=O) groups excluding carboxylic acids is 1. The molecule has 5 heteroatoms. The van der Waals surface area contributed by atoms with Gasteiger partial charge in [-0.2, -0.15) is 0 Å². The lowest BCUT2D eigenvalue weighted by Crippen LogP contribution is -1.92. The second-order valence-electron chi connectivity index (χ2n) is 4.77. The number of rotatable bonds is 3. The van der Waals surface area contributed by atoms with E-state index in [0.717, 1.165) is 10.9 Å². The zero-order chi connectivity index (χ0) is 15.7. The molecule has 22 heavy (non-hydrogen) atoms. The Morgan fingerprint density at radius 3 is 2.73 bits per heavy atom. The van der Waals surface area contributed by atoms with Crippen LogP contribution in [0.25, 0.3) is 22.0 Å². The van der Waals surface area contributed by atoms with Gasteiger partial charge in [0.2, 0.25) is 0 Å². The normalized spacial score (nSPS) is 10.6. The van der Waals surface area contributed by atoms with Gasteiger partial charge >= 0.3 is 0 Å². The van der Waals surface area contributed by atoms with E-state index in [2.05, 4.69) is 4.98 Å². The first-order chi connectivity index (χ1) is 10.7. The lowest BCUT2D eigenvalue weighted by molar-refractivity contribution is 0.112. The number of phenolic OH excluding ortho intramolecular Hbond substituents is 2. The van der Waals surface area contributed by atoms with Crippen LogP contribution in [0.1, 0.15) is 10.4 Å². The summed E-state index contributed by atoms with van der Waals surface area (Å²) in [6.45, 7) is 0. The van der Waals surface area contributed by atoms with Crippen LogP contribution in [-0.4, -0.2) is 28.6 Å². The van der Waals surface area contributed by atoms with Crippen molar-refractivity contribution < 1.29 is 19.7 Å². The number of aromatic nitrogens is 1. The van der Waals surface area contributed by atoms with Gasteiger partial charge in [0.15, 0.2) is 17.8 Å². The molecule has 110 valence electrons. The number of hydrogen-bond donors (Lipinski definition) is 2. The molecule has 2 aromatic carbocycles. The monoisotopic (exact) mass is 295 g/mol. The van der Waals surface area contributed by atoms with Gasteiger partial charge in [-0.3, -0.25) is 9.78 Å². The van der Waals surface area contributed by atoms with Crippen LogP contribution in [0, 0.1) is 0 Å². The van der Waals surface area contributed by atoms with E-state index in [0.29, 0.717) is 17.4 Å². The Hall–Kier alpha value is -3.08. The molecule has 1 aromatic heterocycles. The molecule has 0 spiro atoms. The number of aldehydes is 1. The van der Waals surface area contributed by atoms with Crippen molar-refractivity contribution in [3.63, 3.8) is 0 Å². The van der Waals surface area contributed by atoms with Crippen molar-refractivity contribution in [3.05, 3.63) is 48.2 Å². The van der Waals surface area contributed by atoms with Gasteiger partial charge in [0.1, 0.15) is 11.3 Å². The van der Waals surface area contributed by atoms with Crippen molar-refractivity contribution in [1.82, 2.24) is 4.98 Å². The predicted octanol–water partition coefficient (Wildman–Crippen LogP) is 3.13. The first-order valence-corrected chi connectivity index (χ1v) is 6.59. The largest absolute Gasteiger partial charge is 0.506 e. The average Bonchev–Trinajstić information content (AvgIpc) is 2.56. The Balaban J connectivity index is 2.33. The molecule has 5 nitrogen and oxygen atoms in total. The Morgan fingerprint density at radius 1 is 1.18 bits per heavy atom. The van der Waals surface area contributed by atoms with Gasteiger partial charge in [-0.05, 0) is 41.5 Å². The third-order valence-electron chi connectivity index (χ3n) is 3.51. The number of hydrogen-bond acceptors (Lipinski definition) is 5. The highest BCUT2D eigenvalue weighted by Gasteiger charge is 2.14. The molecular formula is C17H13NO4. The smallest absolute Gasteiger partial charge is 0.168 e. The molecule has 0 bridgehead atoms. The van der Waals surface area contributed by atoms with E-state index in [4.69, 9.17) is 4.74 Å². The molecule has 0 aliphatic rings. The molecule has 0 fully saturated rings. The summed E-state index contributed by atoms with van der Waals surface area (Å²) in [5.41, 5.74) is 2.08. The van der Waals surface area contributed by atoms with Gasteiger partial charge in [0.25, 0.3) is 0 Å². The van der Waals surface area contributed by atoms with Crippen LogP contribution in [0.15, 0.2) is 42.6 Å². The standard InChI is InChI=1S/C17H13NO4/c1-22-15-8-10(7-11(9-19)17(15)21)12-4-5-14(20)16-13(12)3-2-6-18-16/h2-9,20-21H,1H3. The molecule has 0 unspecified atom stereocenters. The van der Waals surface area contributed by atoms with Gasteiger partial charge in [0.05, 0.1) is 12.7 Å². The lowest BCUT2D eigenvalue weighted by Gasteiger charge is -2.11. The minimum atomic E-state index is -0.192. The molecule has 0 aliphatic heterocycles. The van der Waals surface area contributed by atoms with Crippen LogP contribution >= 0.6 is 0 Å². The molecule has 0 amide bonds. The number of aromatic hydroxyl groups is 2. The van der Waals surface area contributed by atoms with Crippen molar-refractivity contribution in [1.29, 1.82) is 0 Å². The summed E-state index contributed by atoms with van der Waals surface area (Å²) < 4.78 is 5.11. The van der Waals surface area contributed by atoms with Crippen molar-refractivity contribution in [3.8, 4) is 28.4 Å². The van der Waals surface area contributed by atoms with Gasteiger partial charge in [-0.15, -0.1) is 0 Å². The molecule has 0 aliphatic carbocycles. The average molecular weight is 295 g/mol. The maximum Gasteiger partial charge on any atom is 0.168 e. The Morgan fingerprint density at radius 2 is 2.00 bits per heavy atom. The van der Waals surface area contributed by atoms with E-state index >= 15 is 0 Å². The SMILES string of the molecule is COc1cc(-c2ccc(O)c3ncccc23)cc(C=O)c1O. The summed E-state index contributed by atoms with van der Waals surface area (Å²) in [5, 5.41) is 20.6. The van der Waals surface area contributed by atoms with E-state index in [1.54, 1.807) is 36.5 Å². The molecular weight excluding hydrogens is 282 g/mol. The molecule has 0 atom stereocenters. The molecule has 0 saturated heterocycles. The Kier molecular flexibility index (Phi) is 3.39. The maximum atomic E-state index is 11.1. The Bertz CT molecular complexity index is 874. The van der Waals surface area contributed by atoms with E-state index < -0.39 is 0 Å². The van der Waals surface area contributed by atoms with Gasteiger partial charge in [0, 0.05) is 11.6 Å². The van der Waals surface area contributed by atoms with E-state index in [-0.39, 0.29) is 22.8 Å². The van der Waals surface area contributed by atoms with E-state index in [1.165, 1.54) is 7.11 Å². The lowest BCUT2D eigenvalue weighted by atomic mass is 9.98. The van der Waals surface area contributed by atoms with E-state index in [1.807, 2.05) is 6.07 Å². The summed E-state index contributed by atoms with van der Waals surface area (Å²) in [5.74, 6) is 0.105.